The molecule has 72 valence electrons. The maximum atomic E-state index is 7.56. The number of nitrogens with two attached hydrogens (primary N) is 1. The van der Waals surface area contributed by atoms with Gasteiger partial charge in [-0.25, -0.2) is 0 Å². The van der Waals surface area contributed by atoms with E-state index in [-0.39, 0.29) is 5.84 Å². The number of allylic oxidation sites excluding steroid dienone is 5. The summed E-state index contributed by atoms with van der Waals surface area (Å²) >= 11 is 0. The third kappa shape index (κ3) is 1.02. The Balaban J connectivity index is 2.30. The number of nitrogens with one attached hydrogen (secondary N) is 1. The first-order chi connectivity index (χ1) is 7.27. The highest BCUT2D eigenvalue weighted by atomic mass is 14.7. The molecule has 0 bridgehead atoms. The standard InChI is InChI=1S/C13H10N2/c14-13(15)11-6-2-4-9-7-8-3-1-5-10(8)12(9)11/h1-7H,(H3,14,15). The minimum atomic E-state index is 0.134. The minimum Gasteiger partial charge on any atom is -0.384 e. The van der Waals surface area contributed by atoms with Gasteiger partial charge in [0.15, 0.2) is 0 Å². The summed E-state index contributed by atoms with van der Waals surface area (Å²) in [6, 6.07) is 5.90. The maximum Gasteiger partial charge on any atom is 0.123 e. The van der Waals surface area contributed by atoms with E-state index in [1.54, 1.807) is 0 Å². The highest BCUT2D eigenvalue weighted by Gasteiger charge is 2.22. The Kier molecular flexibility index (Phi) is 1.48. The van der Waals surface area contributed by atoms with Crippen LogP contribution in [0.1, 0.15) is 16.7 Å². The molecule has 0 spiro atoms. The Morgan fingerprint density at radius 3 is 2.93 bits per heavy atom. The van der Waals surface area contributed by atoms with Crippen LogP contribution in [-0.4, -0.2) is 5.84 Å². The highest BCUT2D eigenvalue weighted by molar-refractivity contribution is 6.08. The summed E-state index contributed by atoms with van der Waals surface area (Å²) in [6.45, 7) is 0. The zero-order valence-corrected chi connectivity index (χ0v) is 8.12. The Labute approximate surface area is 87.9 Å². The van der Waals surface area contributed by atoms with Gasteiger partial charge >= 0.3 is 0 Å². The third-order valence-corrected chi connectivity index (χ3v) is 2.82. The molecule has 0 atom stereocenters. The molecule has 3 N–H and O–H groups in total. The number of rotatable bonds is 1. The molecular weight excluding hydrogens is 184 g/mol. The monoisotopic (exact) mass is 194 g/mol. The van der Waals surface area contributed by atoms with Crippen molar-refractivity contribution in [2.75, 3.05) is 0 Å². The van der Waals surface area contributed by atoms with Crippen molar-refractivity contribution in [1.29, 1.82) is 5.41 Å². The molecule has 1 aromatic carbocycles. The van der Waals surface area contributed by atoms with Crippen molar-refractivity contribution in [1.82, 2.24) is 0 Å². The van der Waals surface area contributed by atoms with Crippen LogP contribution in [0.25, 0.3) is 11.6 Å². The molecule has 0 radical (unpaired) electrons. The first kappa shape index (κ1) is 8.24. The first-order valence-electron chi connectivity index (χ1n) is 4.85. The summed E-state index contributed by atoms with van der Waals surface area (Å²) in [6.07, 6.45) is 8.32. The molecule has 0 saturated carbocycles. The molecule has 0 amide bonds. The maximum absolute atomic E-state index is 7.56. The number of hydrogen-bond donors (Lipinski definition) is 2. The number of amidine groups is 1. The van der Waals surface area contributed by atoms with Gasteiger partial charge in [0.1, 0.15) is 5.84 Å². The molecule has 0 saturated heterocycles. The van der Waals surface area contributed by atoms with Crippen LogP contribution in [-0.2, 0) is 0 Å². The lowest BCUT2D eigenvalue weighted by Gasteiger charge is -2.07. The van der Waals surface area contributed by atoms with E-state index in [0.29, 0.717) is 0 Å². The number of nitrogen functional groups attached to an aromatic ring is 1. The van der Waals surface area contributed by atoms with Crippen LogP contribution < -0.4 is 5.73 Å². The summed E-state index contributed by atoms with van der Waals surface area (Å²) < 4.78 is 0. The van der Waals surface area contributed by atoms with Crippen LogP contribution in [0.5, 0.6) is 0 Å². The minimum absolute atomic E-state index is 0.134. The highest BCUT2D eigenvalue weighted by Crippen LogP contribution is 2.40. The molecule has 0 heterocycles. The van der Waals surface area contributed by atoms with Gasteiger partial charge in [-0.15, -0.1) is 0 Å². The quantitative estimate of drug-likeness (QED) is 0.523. The molecule has 2 aliphatic rings. The first-order valence-corrected chi connectivity index (χ1v) is 4.85. The van der Waals surface area contributed by atoms with E-state index >= 15 is 0 Å². The van der Waals surface area contributed by atoms with E-state index in [4.69, 9.17) is 11.1 Å². The van der Waals surface area contributed by atoms with Crippen molar-refractivity contribution in [2.45, 2.75) is 0 Å². The van der Waals surface area contributed by atoms with Gasteiger partial charge in [-0.1, -0.05) is 36.4 Å². The van der Waals surface area contributed by atoms with Crippen molar-refractivity contribution in [3.05, 3.63) is 58.7 Å². The van der Waals surface area contributed by atoms with Gasteiger partial charge in [0.2, 0.25) is 0 Å². The second kappa shape index (κ2) is 2.70. The molecule has 0 unspecified atom stereocenters. The van der Waals surface area contributed by atoms with Gasteiger partial charge in [-0.2, -0.15) is 0 Å². The number of hydrogen-bond acceptors (Lipinski definition) is 1. The van der Waals surface area contributed by atoms with Gasteiger partial charge in [0, 0.05) is 11.1 Å². The predicted molar refractivity (Wildman–Crippen MR) is 62.6 cm³/mol. The van der Waals surface area contributed by atoms with E-state index in [1.165, 1.54) is 11.1 Å². The molecule has 0 aliphatic heterocycles. The Morgan fingerprint density at radius 2 is 2.13 bits per heavy atom. The average Bonchev–Trinajstić information content (AvgIpc) is 2.75. The fourth-order valence-electron chi connectivity index (χ4n) is 2.17. The van der Waals surface area contributed by atoms with Gasteiger partial charge in [-0.3, -0.25) is 5.41 Å². The lowest BCUT2D eigenvalue weighted by Crippen LogP contribution is -2.13. The van der Waals surface area contributed by atoms with Gasteiger partial charge in [-0.05, 0) is 22.8 Å². The smallest absolute Gasteiger partial charge is 0.123 e. The fourth-order valence-corrected chi connectivity index (χ4v) is 2.17. The average molecular weight is 194 g/mol. The molecule has 3 rings (SSSR count). The second-order valence-electron chi connectivity index (χ2n) is 3.72. The van der Waals surface area contributed by atoms with E-state index < -0.39 is 0 Å². The van der Waals surface area contributed by atoms with E-state index in [0.717, 1.165) is 16.7 Å². The van der Waals surface area contributed by atoms with Crippen LogP contribution in [0.4, 0.5) is 0 Å². The Hall–Kier alpha value is -2.09. The van der Waals surface area contributed by atoms with Gasteiger partial charge in [0.25, 0.3) is 0 Å². The van der Waals surface area contributed by atoms with Crippen LogP contribution >= 0.6 is 0 Å². The fraction of sp³-hybridized carbons (Fsp3) is 0. The molecule has 15 heavy (non-hydrogen) atoms. The lowest BCUT2D eigenvalue weighted by molar-refractivity contribution is 1.41. The second-order valence-corrected chi connectivity index (χ2v) is 3.72. The molecule has 2 heteroatoms. The molecule has 0 fully saturated rings. The van der Waals surface area contributed by atoms with Gasteiger partial charge < -0.3 is 5.73 Å². The molecule has 2 aliphatic carbocycles. The molecule has 1 aromatic rings. The van der Waals surface area contributed by atoms with Crippen molar-refractivity contribution in [3.8, 4) is 0 Å². The largest absolute Gasteiger partial charge is 0.384 e. The van der Waals surface area contributed by atoms with Crippen LogP contribution in [0.2, 0.25) is 0 Å². The van der Waals surface area contributed by atoms with Crippen molar-refractivity contribution >= 4 is 17.5 Å². The molecular formula is C13H10N2. The van der Waals surface area contributed by atoms with Crippen LogP contribution in [0.15, 0.2) is 42.0 Å². The summed E-state index contributed by atoms with van der Waals surface area (Å²) in [4.78, 5) is 0. The number of fused-ring (bicyclic) bond motifs is 3. The SMILES string of the molecule is N=C(N)c1cccc2c1C1=CC=CC1=C2. The summed E-state index contributed by atoms with van der Waals surface area (Å²) in [7, 11) is 0. The Bertz CT molecular complexity index is 560. The zero-order chi connectivity index (χ0) is 10.4. The van der Waals surface area contributed by atoms with Crippen LogP contribution in [0, 0.1) is 5.41 Å². The number of benzene rings is 1. The predicted octanol–water partition coefficient (Wildman–Crippen LogP) is 2.32. The summed E-state index contributed by atoms with van der Waals surface area (Å²) in [5.74, 6) is 0.134. The summed E-state index contributed by atoms with van der Waals surface area (Å²) in [5, 5.41) is 7.56. The Morgan fingerprint density at radius 1 is 1.27 bits per heavy atom. The van der Waals surface area contributed by atoms with Crippen molar-refractivity contribution in [2.24, 2.45) is 5.73 Å². The van der Waals surface area contributed by atoms with Crippen molar-refractivity contribution < 1.29 is 0 Å². The third-order valence-electron chi connectivity index (χ3n) is 2.82. The van der Waals surface area contributed by atoms with Crippen molar-refractivity contribution in [3.63, 3.8) is 0 Å². The normalized spacial score (nSPS) is 15.7. The lowest BCUT2D eigenvalue weighted by atomic mass is 9.98. The molecule has 2 nitrogen and oxygen atoms in total. The topological polar surface area (TPSA) is 49.9 Å². The van der Waals surface area contributed by atoms with Gasteiger partial charge in [0.05, 0.1) is 0 Å². The van der Waals surface area contributed by atoms with E-state index in [2.05, 4.69) is 24.3 Å². The van der Waals surface area contributed by atoms with E-state index in [1.807, 2.05) is 18.2 Å². The van der Waals surface area contributed by atoms with E-state index in [9.17, 15) is 0 Å². The van der Waals surface area contributed by atoms with Crippen LogP contribution in [0.3, 0.4) is 0 Å². The zero-order valence-electron chi connectivity index (χ0n) is 8.12. The molecule has 0 aromatic heterocycles. The summed E-state index contributed by atoms with van der Waals surface area (Å²) in [5.41, 5.74) is 11.1.